The van der Waals surface area contributed by atoms with E-state index in [-0.39, 0.29) is 6.42 Å². The molecule has 0 heterocycles. The van der Waals surface area contributed by atoms with Crippen molar-refractivity contribution in [2.75, 3.05) is 5.75 Å². The lowest BCUT2D eigenvalue weighted by molar-refractivity contribution is -0.130. The zero-order chi connectivity index (χ0) is 29.9. The van der Waals surface area contributed by atoms with E-state index in [1.807, 2.05) is 0 Å². The minimum Gasteiger partial charge on any atom is -0.387 e. The van der Waals surface area contributed by atoms with E-state index in [1.54, 1.807) is 6.08 Å². The Morgan fingerprint density at radius 1 is 0.675 bits per heavy atom. The number of rotatable bonds is 28. The van der Waals surface area contributed by atoms with Crippen molar-refractivity contribution < 1.29 is 28.0 Å². The second-order valence-electron chi connectivity index (χ2n) is 11.2. The van der Waals surface area contributed by atoms with Gasteiger partial charge in [0.15, 0.2) is 0 Å². The van der Waals surface area contributed by atoms with E-state index in [9.17, 15) is 28.0 Å². The Morgan fingerprint density at radius 2 is 1.12 bits per heavy atom. The molecule has 236 valence electrons. The number of aliphatic hydroxyl groups is 2. The van der Waals surface area contributed by atoms with Crippen molar-refractivity contribution in [2.45, 2.75) is 167 Å². The van der Waals surface area contributed by atoms with Crippen LogP contribution in [0.15, 0.2) is 24.3 Å². The maximum atomic E-state index is 12.4. The minimum absolute atomic E-state index is 0.275. The van der Waals surface area contributed by atoms with Crippen LogP contribution < -0.4 is 5.32 Å². The van der Waals surface area contributed by atoms with Gasteiger partial charge in [0.1, 0.15) is 6.10 Å². The van der Waals surface area contributed by atoms with E-state index in [0.29, 0.717) is 12.8 Å². The number of hydrogen-bond donors (Lipinski definition) is 4. The van der Waals surface area contributed by atoms with E-state index < -0.39 is 40.0 Å². The molecule has 0 aliphatic carbocycles. The Hall–Kier alpha value is -1.22. The Kier molecular flexibility index (Phi) is 25.9. The van der Waals surface area contributed by atoms with Gasteiger partial charge >= 0.3 is 0 Å². The predicted octanol–water partition coefficient (Wildman–Crippen LogP) is 7.43. The molecular formula is C32H61NO6S. The van der Waals surface area contributed by atoms with Gasteiger partial charge in [-0.15, -0.1) is 0 Å². The Balaban J connectivity index is 4.28. The summed E-state index contributed by atoms with van der Waals surface area (Å²) in [6.07, 6.45) is 28.2. The van der Waals surface area contributed by atoms with Crippen LogP contribution in [-0.2, 0) is 14.9 Å². The summed E-state index contributed by atoms with van der Waals surface area (Å²) in [5, 5.41) is 23.1. The number of unbranched alkanes of at least 4 members (excludes halogenated alkanes) is 17. The first-order valence-corrected chi connectivity index (χ1v) is 17.8. The largest absolute Gasteiger partial charge is 0.387 e. The average Bonchev–Trinajstić information content (AvgIpc) is 2.90. The molecule has 40 heavy (non-hydrogen) atoms. The van der Waals surface area contributed by atoms with Crippen LogP contribution in [0.3, 0.4) is 0 Å². The van der Waals surface area contributed by atoms with E-state index in [4.69, 9.17) is 0 Å². The molecule has 7 nitrogen and oxygen atoms in total. The highest BCUT2D eigenvalue weighted by atomic mass is 32.2. The Bertz CT molecular complexity index is 753. The monoisotopic (exact) mass is 587 g/mol. The molecular weight excluding hydrogens is 526 g/mol. The molecule has 0 aromatic rings. The normalized spacial score (nSPS) is 14.6. The summed E-state index contributed by atoms with van der Waals surface area (Å²) in [6.45, 7) is 4.43. The molecule has 0 bridgehead atoms. The zero-order valence-corrected chi connectivity index (χ0v) is 26.4. The number of hydrogen-bond acceptors (Lipinski definition) is 5. The molecule has 3 unspecified atom stereocenters. The van der Waals surface area contributed by atoms with Gasteiger partial charge in [0.25, 0.3) is 10.1 Å². The van der Waals surface area contributed by atoms with Crippen molar-refractivity contribution in [3.8, 4) is 0 Å². The summed E-state index contributed by atoms with van der Waals surface area (Å²) >= 11 is 0. The van der Waals surface area contributed by atoms with Gasteiger partial charge < -0.3 is 15.5 Å². The molecule has 0 aliphatic rings. The predicted molar refractivity (Wildman–Crippen MR) is 167 cm³/mol. The van der Waals surface area contributed by atoms with Gasteiger partial charge in [-0.05, 0) is 32.1 Å². The summed E-state index contributed by atoms with van der Waals surface area (Å²) in [5.74, 6) is -1.56. The first-order valence-electron chi connectivity index (χ1n) is 16.1. The lowest BCUT2D eigenvalue weighted by Gasteiger charge is -2.22. The van der Waals surface area contributed by atoms with Crippen molar-refractivity contribution in [3.05, 3.63) is 24.3 Å². The number of carbonyl (C=O) groups excluding carboxylic acids is 1. The molecule has 4 N–H and O–H groups in total. The van der Waals surface area contributed by atoms with Crippen molar-refractivity contribution in [1.82, 2.24) is 5.32 Å². The standard InChI is InChI=1S/C32H61NO6S/c1-3-5-7-9-11-13-14-15-16-17-19-20-22-24-26-30(34)29(28-40(37,38)39)33-32(36)31(35)27-25-23-21-18-12-10-8-6-4-2/h17,19,24,26,29-31,34-35H,3-16,18,20-23,25,27-28H2,1-2H3,(H,33,36)(H,37,38,39)/b19-17+,26-24+. The van der Waals surface area contributed by atoms with Gasteiger partial charge in [0, 0.05) is 0 Å². The molecule has 0 rings (SSSR count). The minimum atomic E-state index is -4.44. The number of carbonyl (C=O) groups is 1. The van der Waals surface area contributed by atoms with Crippen LogP contribution in [0.1, 0.15) is 149 Å². The molecule has 0 spiro atoms. The first-order chi connectivity index (χ1) is 19.2. The molecule has 0 aliphatic heterocycles. The summed E-state index contributed by atoms with van der Waals surface area (Å²) in [6, 6.07) is -1.24. The first kappa shape index (κ1) is 38.8. The topological polar surface area (TPSA) is 124 Å². The molecule has 0 radical (unpaired) electrons. The fourth-order valence-electron chi connectivity index (χ4n) is 4.70. The van der Waals surface area contributed by atoms with E-state index >= 15 is 0 Å². The molecule has 0 aromatic heterocycles. The highest BCUT2D eigenvalue weighted by Gasteiger charge is 2.27. The second-order valence-corrected chi connectivity index (χ2v) is 12.7. The van der Waals surface area contributed by atoms with Crippen LogP contribution >= 0.6 is 0 Å². The fraction of sp³-hybridized carbons (Fsp3) is 0.844. The van der Waals surface area contributed by atoms with Crippen molar-refractivity contribution in [1.29, 1.82) is 0 Å². The molecule has 0 fully saturated rings. The van der Waals surface area contributed by atoms with Crippen molar-refractivity contribution in [3.63, 3.8) is 0 Å². The number of allylic oxidation sites excluding steroid dienone is 3. The van der Waals surface area contributed by atoms with E-state index in [1.165, 1.54) is 89.5 Å². The van der Waals surface area contributed by atoms with Crippen LogP contribution in [0.2, 0.25) is 0 Å². The third kappa shape index (κ3) is 25.7. The van der Waals surface area contributed by atoms with Crippen LogP contribution in [0.4, 0.5) is 0 Å². The summed E-state index contributed by atoms with van der Waals surface area (Å²) in [5.41, 5.74) is 0. The number of amides is 1. The quantitative estimate of drug-likeness (QED) is 0.0429. The lowest BCUT2D eigenvalue weighted by Crippen LogP contribution is -2.50. The zero-order valence-electron chi connectivity index (χ0n) is 25.6. The third-order valence-electron chi connectivity index (χ3n) is 7.24. The second kappa shape index (κ2) is 26.7. The van der Waals surface area contributed by atoms with Gasteiger partial charge in [-0.1, -0.05) is 141 Å². The van der Waals surface area contributed by atoms with Gasteiger partial charge in [0.05, 0.1) is 17.9 Å². The highest BCUT2D eigenvalue weighted by molar-refractivity contribution is 7.85. The van der Waals surface area contributed by atoms with E-state index in [2.05, 4.69) is 31.3 Å². The lowest BCUT2D eigenvalue weighted by atomic mass is 10.0. The van der Waals surface area contributed by atoms with Crippen LogP contribution in [0, 0.1) is 0 Å². The van der Waals surface area contributed by atoms with E-state index in [0.717, 1.165) is 32.1 Å². The van der Waals surface area contributed by atoms with Crippen LogP contribution in [-0.4, -0.2) is 53.1 Å². The molecule has 0 aromatic carbocycles. The Labute approximate surface area is 246 Å². The molecule has 0 saturated carbocycles. The van der Waals surface area contributed by atoms with Gasteiger partial charge in [-0.25, -0.2) is 0 Å². The van der Waals surface area contributed by atoms with Crippen molar-refractivity contribution in [2.24, 2.45) is 0 Å². The van der Waals surface area contributed by atoms with Gasteiger partial charge in [0.2, 0.25) is 5.91 Å². The van der Waals surface area contributed by atoms with Gasteiger partial charge in [-0.3, -0.25) is 9.35 Å². The maximum absolute atomic E-state index is 12.4. The van der Waals surface area contributed by atoms with Crippen LogP contribution in [0.25, 0.3) is 0 Å². The Morgan fingerprint density at radius 3 is 1.65 bits per heavy atom. The number of nitrogens with one attached hydrogen (secondary N) is 1. The smallest absolute Gasteiger partial charge is 0.267 e. The van der Waals surface area contributed by atoms with Crippen LogP contribution in [0.5, 0.6) is 0 Å². The average molecular weight is 588 g/mol. The molecule has 3 atom stereocenters. The summed E-state index contributed by atoms with van der Waals surface area (Å²) < 4.78 is 32.2. The maximum Gasteiger partial charge on any atom is 0.267 e. The summed E-state index contributed by atoms with van der Waals surface area (Å²) in [4.78, 5) is 12.4. The summed E-state index contributed by atoms with van der Waals surface area (Å²) in [7, 11) is -4.44. The molecule has 8 heteroatoms. The SMILES string of the molecule is CCCCCCCCCC/C=C/CC/C=C/C(O)C(CS(=O)(=O)O)NC(=O)C(O)CCCCCCCCCCC. The van der Waals surface area contributed by atoms with Crippen molar-refractivity contribution >= 4 is 16.0 Å². The molecule has 0 saturated heterocycles. The van der Waals surface area contributed by atoms with Gasteiger partial charge in [-0.2, -0.15) is 8.42 Å². The fourth-order valence-corrected chi connectivity index (χ4v) is 5.44. The third-order valence-corrected chi connectivity index (χ3v) is 8.02. The highest BCUT2D eigenvalue weighted by Crippen LogP contribution is 2.13. The number of aliphatic hydroxyl groups excluding tert-OH is 2. The molecule has 1 amide bonds.